The second-order valence-corrected chi connectivity index (χ2v) is 6.03. The monoisotopic (exact) mass is 310 g/mol. The maximum Gasteiger partial charge on any atom is 0.293 e. The van der Waals surface area contributed by atoms with Crippen LogP contribution in [0.4, 0.5) is 4.79 Å². The van der Waals surface area contributed by atoms with E-state index in [0.29, 0.717) is 11.4 Å². The van der Waals surface area contributed by atoms with Crippen molar-refractivity contribution in [2.24, 2.45) is 0 Å². The molecule has 0 aliphatic carbocycles. The van der Waals surface area contributed by atoms with Crippen molar-refractivity contribution in [2.45, 2.75) is 13.5 Å². The molecule has 4 nitrogen and oxygen atoms in total. The Balaban J connectivity index is 1.81. The normalized spacial score (nSPS) is 16.6. The van der Waals surface area contributed by atoms with Crippen molar-refractivity contribution in [3.8, 4) is 0 Å². The number of aromatic nitrogens is 1. The second kappa shape index (κ2) is 6.15. The van der Waals surface area contributed by atoms with E-state index in [4.69, 9.17) is 0 Å². The lowest BCUT2D eigenvalue weighted by atomic mass is 10.1. The van der Waals surface area contributed by atoms with Crippen LogP contribution in [0.3, 0.4) is 0 Å². The molecule has 1 aliphatic heterocycles. The molecule has 2 heterocycles. The third kappa shape index (κ3) is 3.09. The number of carbonyl (C=O) groups is 2. The first-order chi connectivity index (χ1) is 10.6. The zero-order chi connectivity index (χ0) is 15.5. The van der Waals surface area contributed by atoms with Crippen LogP contribution in [0.2, 0.25) is 0 Å². The molecule has 0 atom stereocenters. The molecule has 1 aromatic heterocycles. The lowest BCUT2D eigenvalue weighted by molar-refractivity contribution is -0.123. The van der Waals surface area contributed by atoms with E-state index in [-0.39, 0.29) is 11.1 Å². The smallest absolute Gasteiger partial charge is 0.268 e. The SMILES string of the molecule is Cc1cccc(CN2C(=O)S/C(=C/c3ccncc3)C2=O)c1. The van der Waals surface area contributed by atoms with E-state index in [0.717, 1.165) is 28.5 Å². The first-order valence-electron chi connectivity index (χ1n) is 6.84. The van der Waals surface area contributed by atoms with Gasteiger partial charge in [0.25, 0.3) is 11.1 Å². The van der Waals surface area contributed by atoms with E-state index >= 15 is 0 Å². The zero-order valence-corrected chi connectivity index (χ0v) is 12.8. The van der Waals surface area contributed by atoms with E-state index in [2.05, 4.69) is 4.98 Å². The summed E-state index contributed by atoms with van der Waals surface area (Å²) in [6.07, 6.45) is 5.04. The fraction of sp³-hybridized carbons (Fsp3) is 0.118. The molecule has 2 aromatic rings. The molecule has 1 aromatic carbocycles. The van der Waals surface area contributed by atoms with E-state index in [1.807, 2.05) is 31.2 Å². The van der Waals surface area contributed by atoms with Gasteiger partial charge in [0.1, 0.15) is 0 Å². The average Bonchev–Trinajstić information content (AvgIpc) is 2.76. The fourth-order valence-corrected chi connectivity index (χ4v) is 3.08. The number of nitrogens with zero attached hydrogens (tertiary/aromatic N) is 2. The molecule has 5 heteroatoms. The first kappa shape index (κ1) is 14.5. The quantitative estimate of drug-likeness (QED) is 0.812. The van der Waals surface area contributed by atoms with Crippen LogP contribution in [0.5, 0.6) is 0 Å². The van der Waals surface area contributed by atoms with Crippen molar-refractivity contribution in [3.05, 3.63) is 70.4 Å². The minimum absolute atomic E-state index is 0.230. The number of imide groups is 1. The Morgan fingerprint density at radius 1 is 1.18 bits per heavy atom. The van der Waals surface area contributed by atoms with Gasteiger partial charge in [0.15, 0.2) is 0 Å². The highest BCUT2D eigenvalue weighted by molar-refractivity contribution is 8.18. The van der Waals surface area contributed by atoms with Gasteiger partial charge in [-0.1, -0.05) is 29.8 Å². The Morgan fingerprint density at radius 3 is 2.68 bits per heavy atom. The van der Waals surface area contributed by atoms with Crippen LogP contribution in [-0.2, 0) is 11.3 Å². The van der Waals surface area contributed by atoms with Crippen molar-refractivity contribution in [3.63, 3.8) is 0 Å². The molecule has 1 saturated heterocycles. The Morgan fingerprint density at radius 2 is 1.95 bits per heavy atom. The van der Waals surface area contributed by atoms with E-state index in [1.165, 1.54) is 4.90 Å². The largest absolute Gasteiger partial charge is 0.293 e. The van der Waals surface area contributed by atoms with Crippen molar-refractivity contribution in [1.82, 2.24) is 9.88 Å². The lowest BCUT2D eigenvalue weighted by Gasteiger charge is -2.12. The standard InChI is InChI=1S/C17H14N2O2S/c1-12-3-2-4-14(9-12)11-19-16(20)15(22-17(19)21)10-13-5-7-18-8-6-13/h2-10H,11H2,1H3/b15-10+. The number of pyridine rings is 1. The van der Waals surface area contributed by atoms with E-state index in [1.54, 1.807) is 30.6 Å². The molecule has 22 heavy (non-hydrogen) atoms. The Labute approximate surface area is 132 Å². The molecule has 1 aliphatic rings. The van der Waals surface area contributed by atoms with Gasteiger partial charge in [-0.2, -0.15) is 0 Å². The predicted octanol–water partition coefficient (Wildman–Crippen LogP) is 3.63. The summed E-state index contributed by atoms with van der Waals surface area (Å²) in [6, 6.07) is 11.4. The Bertz CT molecular complexity index is 756. The van der Waals surface area contributed by atoms with Crippen LogP contribution in [0.1, 0.15) is 16.7 Å². The molecular weight excluding hydrogens is 296 g/mol. The van der Waals surface area contributed by atoms with Gasteiger partial charge in [0, 0.05) is 12.4 Å². The number of carbonyl (C=O) groups excluding carboxylic acids is 2. The number of aryl methyl sites for hydroxylation is 1. The molecule has 0 saturated carbocycles. The summed E-state index contributed by atoms with van der Waals surface area (Å²) >= 11 is 0.978. The molecule has 0 unspecified atom stereocenters. The number of thioether (sulfide) groups is 1. The predicted molar refractivity (Wildman–Crippen MR) is 86.9 cm³/mol. The summed E-state index contributed by atoms with van der Waals surface area (Å²) in [6.45, 7) is 2.29. The van der Waals surface area contributed by atoms with Crippen LogP contribution in [0.25, 0.3) is 6.08 Å². The van der Waals surface area contributed by atoms with Crippen molar-refractivity contribution >= 4 is 29.0 Å². The second-order valence-electron chi connectivity index (χ2n) is 5.04. The number of rotatable bonds is 3. The molecule has 1 fully saturated rings. The number of hydrogen-bond donors (Lipinski definition) is 0. The van der Waals surface area contributed by atoms with Crippen LogP contribution in [0.15, 0.2) is 53.7 Å². The Kier molecular flexibility index (Phi) is 4.06. The molecule has 110 valence electrons. The summed E-state index contributed by atoms with van der Waals surface area (Å²) in [5.74, 6) is -0.242. The molecule has 3 rings (SSSR count). The summed E-state index contributed by atoms with van der Waals surface area (Å²) in [5, 5.41) is -0.230. The minimum Gasteiger partial charge on any atom is -0.268 e. The Hall–Kier alpha value is -2.40. The maximum atomic E-state index is 12.4. The van der Waals surface area contributed by atoms with Gasteiger partial charge in [-0.05, 0) is 48.0 Å². The van der Waals surface area contributed by atoms with Crippen molar-refractivity contribution in [2.75, 3.05) is 0 Å². The summed E-state index contributed by atoms with van der Waals surface area (Å²) in [7, 11) is 0. The number of amides is 2. The van der Waals surface area contributed by atoms with Gasteiger partial charge < -0.3 is 0 Å². The van der Waals surface area contributed by atoms with Gasteiger partial charge in [-0.3, -0.25) is 19.5 Å². The molecule has 2 amide bonds. The summed E-state index contributed by atoms with van der Waals surface area (Å²) < 4.78 is 0. The van der Waals surface area contributed by atoms with Gasteiger partial charge in [-0.15, -0.1) is 0 Å². The minimum atomic E-state index is -0.242. The highest BCUT2D eigenvalue weighted by Crippen LogP contribution is 2.33. The van der Waals surface area contributed by atoms with Gasteiger partial charge in [-0.25, -0.2) is 0 Å². The molecular formula is C17H14N2O2S. The fourth-order valence-electron chi connectivity index (χ4n) is 2.24. The number of hydrogen-bond acceptors (Lipinski definition) is 4. The lowest BCUT2D eigenvalue weighted by Crippen LogP contribution is -2.27. The average molecular weight is 310 g/mol. The van der Waals surface area contributed by atoms with E-state index < -0.39 is 0 Å². The van der Waals surface area contributed by atoms with Crippen LogP contribution in [0, 0.1) is 6.92 Å². The van der Waals surface area contributed by atoms with Crippen LogP contribution in [-0.4, -0.2) is 21.0 Å². The molecule has 0 radical (unpaired) electrons. The molecule has 0 spiro atoms. The van der Waals surface area contributed by atoms with E-state index in [9.17, 15) is 9.59 Å². The molecule has 0 N–H and O–H groups in total. The highest BCUT2D eigenvalue weighted by atomic mass is 32.2. The summed E-state index contributed by atoms with van der Waals surface area (Å²) in [5.41, 5.74) is 2.92. The van der Waals surface area contributed by atoms with Crippen molar-refractivity contribution < 1.29 is 9.59 Å². The topological polar surface area (TPSA) is 50.3 Å². The van der Waals surface area contributed by atoms with Crippen molar-refractivity contribution in [1.29, 1.82) is 0 Å². The first-order valence-corrected chi connectivity index (χ1v) is 7.66. The maximum absolute atomic E-state index is 12.4. The third-order valence-electron chi connectivity index (χ3n) is 3.30. The van der Waals surface area contributed by atoms with Crippen LogP contribution >= 0.6 is 11.8 Å². The number of benzene rings is 1. The van der Waals surface area contributed by atoms with Gasteiger partial charge in [0.05, 0.1) is 11.4 Å². The third-order valence-corrected chi connectivity index (χ3v) is 4.21. The highest BCUT2D eigenvalue weighted by Gasteiger charge is 2.34. The molecule has 0 bridgehead atoms. The van der Waals surface area contributed by atoms with Crippen LogP contribution < -0.4 is 0 Å². The van der Waals surface area contributed by atoms with Gasteiger partial charge in [0.2, 0.25) is 0 Å². The summed E-state index contributed by atoms with van der Waals surface area (Å²) in [4.78, 5) is 30.2. The zero-order valence-electron chi connectivity index (χ0n) is 12.0. The van der Waals surface area contributed by atoms with Gasteiger partial charge >= 0.3 is 0 Å².